The Morgan fingerprint density at radius 1 is 1.32 bits per heavy atom. The molecule has 112 valence electrons. The van der Waals surface area contributed by atoms with Crippen molar-refractivity contribution in [3.8, 4) is 0 Å². The number of aryl methyl sites for hydroxylation is 2. The average molecular weight is 296 g/mol. The van der Waals surface area contributed by atoms with Gasteiger partial charge in [0.15, 0.2) is 0 Å². The second-order valence-electron chi connectivity index (χ2n) is 5.34. The third-order valence-electron chi connectivity index (χ3n) is 3.68. The molecule has 0 aliphatic carbocycles. The van der Waals surface area contributed by atoms with E-state index < -0.39 is 5.97 Å². The fourth-order valence-electron chi connectivity index (χ4n) is 2.67. The van der Waals surface area contributed by atoms with Gasteiger partial charge in [0.25, 0.3) is 5.91 Å². The minimum atomic E-state index is -0.832. The second-order valence-corrected chi connectivity index (χ2v) is 5.34. The lowest BCUT2D eigenvalue weighted by molar-refractivity contribution is -0.137. The normalized spacial score (nSPS) is 15.0. The van der Waals surface area contributed by atoms with Gasteiger partial charge >= 0.3 is 5.97 Å². The van der Waals surface area contributed by atoms with Crippen LogP contribution in [0.15, 0.2) is 30.3 Å². The van der Waals surface area contributed by atoms with Gasteiger partial charge in [-0.15, -0.1) is 0 Å². The summed E-state index contributed by atoms with van der Waals surface area (Å²) in [6.45, 7) is 1.91. The number of para-hydroxylation sites is 1. The van der Waals surface area contributed by atoms with Gasteiger partial charge in [0.1, 0.15) is 0 Å². The van der Waals surface area contributed by atoms with Crippen molar-refractivity contribution in [3.63, 3.8) is 0 Å². The fraction of sp³-hybridized carbons (Fsp3) is 0.176. The van der Waals surface area contributed by atoms with Gasteiger partial charge in [-0.25, -0.2) is 0 Å². The van der Waals surface area contributed by atoms with Crippen LogP contribution in [0.1, 0.15) is 28.9 Å². The van der Waals surface area contributed by atoms with Gasteiger partial charge < -0.3 is 15.4 Å². The van der Waals surface area contributed by atoms with Gasteiger partial charge in [0.05, 0.1) is 5.57 Å². The first-order valence-electron chi connectivity index (χ1n) is 7.07. The molecule has 0 unspecified atom stereocenters. The van der Waals surface area contributed by atoms with Crippen molar-refractivity contribution >= 4 is 29.2 Å². The van der Waals surface area contributed by atoms with E-state index in [4.69, 9.17) is 5.11 Å². The second kappa shape index (κ2) is 5.52. The van der Waals surface area contributed by atoms with Crippen molar-refractivity contribution in [2.24, 2.45) is 0 Å². The number of amides is 1. The molecule has 0 bridgehead atoms. The van der Waals surface area contributed by atoms with Crippen LogP contribution in [-0.4, -0.2) is 22.0 Å². The Hall–Kier alpha value is -2.82. The smallest absolute Gasteiger partial charge is 0.303 e. The molecule has 2 heterocycles. The molecule has 22 heavy (non-hydrogen) atoms. The highest BCUT2D eigenvalue weighted by molar-refractivity contribution is 6.34. The SMILES string of the molecule is Cc1cc(CCC(=O)O)c(/C=C2\C(=O)Nc3ccccc32)[nH]1. The number of rotatable bonds is 4. The van der Waals surface area contributed by atoms with Gasteiger partial charge in [-0.3, -0.25) is 9.59 Å². The molecule has 0 radical (unpaired) electrons. The summed E-state index contributed by atoms with van der Waals surface area (Å²) in [5.74, 6) is -0.973. The zero-order valence-electron chi connectivity index (χ0n) is 12.1. The van der Waals surface area contributed by atoms with E-state index in [1.54, 1.807) is 6.08 Å². The summed E-state index contributed by atoms with van der Waals surface area (Å²) >= 11 is 0. The largest absolute Gasteiger partial charge is 0.481 e. The van der Waals surface area contributed by atoms with E-state index in [0.29, 0.717) is 12.0 Å². The molecule has 2 aromatic rings. The van der Waals surface area contributed by atoms with E-state index in [9.17, 15) is 9.59 Å². The standard InChI is InChI=1S/C17H16N2O3/c1-10-8-11(6-7-16(20)21)15(18-10)9-13-12-4-2-3-5-14(12)19-17(13)22/h2-5,8-9,18H,6-7H2,1H3,(H,19,22)(H,20,21)/b13-9-. The zero-order valence-corrected chi connectivity index (χ0v) is 12.1. The molecule has 1 aromatic heterocycles. The summed E-state index contributed by atoms with van der Waals surface area (Å²) in [6.07, 6.45) is 2.30. The van der Waals surface area contributed by atoms with Crippen LogP contribution < -0.4 is 5.32 Å². The van der Waals surface area contributed by atoms with Crippen molar-refractivity contribution < 1.29 is 14.7 Å². The van der Waals surface area contributed by atoms with Crippen LogP contribution in [0.3, 0.4) is 0 Å². The van der Waals surface area contributed by atoms with Crippen molar-refractivity contribution in [1.82, 2.24) is 4.98 Å². The van der Waals surface area contributed by atoms with E-state index in [-0.39, 0.29) is 12.3 Å². The third-order valence-corrected chi connectivity index (χ3v) is 3.68. The topological polar surface area (TPSA) is 82.2 Å². The maximum atomic E-state index is 12.1. The molecule has 0 fully saturated rings. The van der Waals surface area contributed by atoms with Gasteiger partial charge in [0, 0.05) is 29.1 Å². The van der Waals surface area contributed by atoms with Crippen LogP contribution in [0.25, 0.3) is 11.6 Å². The Bertz CT molecular complexity index is 787. The maximum Gasteiger partial charge on any atom is 0.303 e. The van der Waals surface area contributed by atoms with Crippen molar-refractivity contribution in [2.75, 3.05) is 5.32 Å². The number of fused-ring (bicyclic) bond motifs is 1. The Balaban J connectivity index is 1.99. The van der Waals surface area contributed by atoms with Crippen LogP contribution in [0.4, 0.5) is 5.69 Å². The number of carboxylic acids is 1. The number of aromatic amines is 1. The number of hydrogen-bond acceptors (Lipinski definition) is 2. The lowest BCUT2D eigenvalue weighted by Crippen LogP contribution is -2.04. The van der Waals surface area contributed by atoms with Gasteiger partial charge in [0.2, 0.25) is 0 Å². The van der Waals surface area contributed by atoms with E-state index in [1.165, 1.54) is 0 Å². The summed E-state index contributed by atoms with van der Waals surface area (Å²) in [5.41, 5.74) is 4.90. The van der Waals surface area contributed by atoms with Gasteiger partial charge in [-0.1, -0.05) is 18.2 Å². The molecule has 1 aromatic carbocycles. The minimum Gasteiger partial charge on any atom is -0.481 e. The highest BCUT2D eigenvalue weighted by Crippen LogP contribution is 2.33. The fourth-order valence-corrected chi connectivity index (χ4v) is 2.67. The molecule has 1 amide bonds. The Kier molecular flexibility index (Phi) is 3.55. The Morgan fingerprint density at radius 3 is 2.86 bits per heavy atom. The lowest BCUT2D eigenvalue weighted by atomic mass is 10.0. The molecule has 5 nitrogen and oxygen atoms in total. The predicted molar refractivity (Wildman–Crippen MR) is 84.4 cm³/mol. The number of hydrogen-bond donors (Lipinski definition) is 3. The summed E-state index contributed by atoms with van der Waals surface area (Å²) in [5, 5.41) is 11.7. The van der Waals surface area contributed by atoms with Crippen molar-refractivity contribution in [2.45, 2.75) is 19.8 Å². The number of nitrogens with one attached hydrogen (secondary N) is 2. The van der Waals surface area contributed by atoms with Crippen LogP contribution in [0.2, 0.25) is 0 Å². The van der Waals surface area contributed by atoms with Crippen LogP contribution >= 0.6 is 0 Å². The highest BCUT2D eigenvalue weighted by atomic mass is 16.4. The molecule has 3 rings (SSSR count). The highest BCUT2D eigenvalue weighted by Gasteiger charge is 2.24. The maximum absolute atomic E-state index is 12.1. The summed E-state index contributed by atoms with van der Waals surface area (Å²) in [6, 6.07) is 9.44. The number of aromatic nitrogens is 1. The molecule has 0 atom stereocenters. The van der Waals surface area contributed by atoms with Gasteiger partial charge in [-0.2, -0.15) is 0 Å². The molecular formula is C17H16N2O3. The number of carbonyl (C=O) groups is 2. The van der Waals surface area contributed by atoms with E-state index >= 15 is 0 Å². The molecule has 1 aliphatic heterocycles. The molecular weight excluding hydrogens is 280 g/mol. The van der Waals surface area contributed by atoms with Crippen molar-refractivity contribution in [1.29, 1.82) is 0 Å². The number of carbonyl (C=O) groups excluding carboxylic acids is 1. The van der Waals surface area contributed by atoms with E-state index in [0.717, 1.165) is 28.2 Å². The van der Waals surface area contributed by atoms with Gasteiger partial charge in [-0.05, 0) is 37.1 Å². The first kappa shape index (κ1) is 14.1. The van der Waals surface area contributed by atoms with E-state index in [1.807, 2.05) is 37.3 Å². The minimum absolute atomic E-state index is 0.0657. The van der Waals surface area contributed by atoms with E-state index in [2.05, 4.69) is 10.3 Å². The Morgan fingerprint density at radius 2 is 2.09 bits per heavy atom. The average Bonchev–Trinajstić information content (AvgIpc) is 2.98. The summed E-state index contributed by atoms with van der Waals surface area (Å²) < 4.78 is 0. The summed E-state index contributed by atoms with van der Waals surface area (Å²) in [4.78, 5) is 26.1. The molecule has 3 N–H and O–H groups in total. The molecule has 0 saturated heterocycles. The molecule has 5 heteroatoms. The van der Waals surface area contributed by atoms with Crippen LogP contribution in [-0.2, 0) is 16.0 Å². The van der Waals surface area contributed by atoms with Crippen molar-refractivity contribution in [3.05, 3.63) is 52.8 Å². The zero-order chi connectivity index (χ0) is 15.7. The van der Waals surface area contributed by atoms with Crippen LogP contribution in [0.5, 0.6) is 0 Å². The first-order valence-corrected chi connectivity index (χ1v) is 7.07. The lowest BCUT2D eigenvalue weighted by Gasteiger charge is -2.00. The molecule has 0 saturated carbocycles. The molecule has 1 aliphatic rings. The first-order chi connectivity index (χ1) is 10.5. The third kappa shape index (κ3) is 2.65. The number of anilines is 1. The number of H-pyrrole nitrogens is 1. The summed E-state index contributed by atoms with van der Waals surface area (Å²) in [7, 11) is 0. The monoisotopic (exact) mass is 296 g/mol. The number of benzene rings is 1. The predicted octanol–water partition coefficient (Wildman–Crippen LogP) is 2.83. The number of carboxylic acid groups (broad SMARTS) is 1. The number of aliphatic carboxylic acids is 1. The molecule has 0 spiro atoms. The quantitative estimate of drug-likeness (QED) is 0.759. The Labute approximate surface area is 127 Å². The van der Waals surface area contributed by atoms with Crippen LogP contribution in [0, 0.1) is 6.92 Å².